The van der Waals surface area contributed by atoms with Crippen molar-refractivity contribution in [3.8, 4) is 11.5 Å². The van der Waals surface area contributed by atoms with Crippen LogP contribution in [-0.4, -0.2) is 15.1 Å². The molecule has 0 bridgehead atoms. The van der Waals surface area contributed by atoms with Crippen LogP contribution in [0.2, 0.25) is 5.02 Å². The first kappa shape index (κ1) is 13.4. The molecule has 0 aliphatic carbocycles. The van der Waals surface area contributed by atoms with Gasteiger partial charge in [-0.3, -0.25) is 10.1 Å². The average molecular weight is 283 g/mol. The Bertz CT molecular complexity index is 614. The molecule has 8 heteroatoms. The molecule has 1 aromatic heterocycles. The van der Waals surface area contributed by atoms with E-state index in [9.17, 15) is 10.1 Å². The van der Waals surface area contributed by atoms with Gasteiger partial charge in [-0.05, 0) is 18.6 Å². The monoisotopic (exact) mass is 282 g/mol. The van der Waals surface area contributed by atoms with Crippen molar-refractivity contribution in [2.24, 2.45) is 5.73 Å². The Kier molecular flexibility index (Phi) is 3.77. The van der Waals surface area contributed by atoms with E-state index in [-0.39, 0.29) is 28.2 Å². The van der Waals surface area contributed by atoms with Crippen LogP contribution in [0, 0.1) is 10.1 Å². The summed E-state index contributed by atoms with van der Waals surface area (Å²) < 4.78 is 5.02. The molecule has 0 spiro atoms. The quantitative estimate of drug-likeness (QED) is 0.682. The predicted octanol–water partition coefficient (Wildman–Crippen LogP) is 2.71. The Morgan fingerprint density at radius 1 is 1.58 bits per heavy atom. The van der Waals surface area contributed by atoms with E-state index in [0.717, 1.165) is 0 Å². The van der Waals surface area contributed by atoms with Crippen LogP contribution in [0.1, 0.15) is 25.2 Å². The molecule has 1 aromatic carbocycles. The Balaban J connectivity index is 2.47. The molecule has 19 heavy (non-hydrogen) atoms. The Labute approximate surface area is 113 Å². The zero-order valence-electron chi connectivity index (χ0n) is 10.0. The number of rotatable bonds is 4. The zero-order valence-corrected chi connectivity index (χ0v) is 10.8. The minimum Gasteiger partial charge on any atom is -0.334 e. The number of benzene rings is 1. The highest BCUT2D eigenvalue weighted by atomic mass is 35.5. The highest BCUT2D eigenvalue weighted by Crippen LogP contribution is 2.31. The van der Waals surface area contributed by atoms with Crippen LogP contribution in [0.5, 0.6) is 0 Å². The summed E-state index contributed by atoms with van der Waals surface area (Å²) in [7, 11) is 0. The summed E-state index contributed by atoms with van der Waals surface area (Å²) in [4.78, 5) is 14.5. The van der Waals surface area contributed by atoms with E-state index >= 15 is 0 Å². The molecule has 0 amide bonds. The molecule has 0 aliphatic rings. The first-order valence-corrected chi connectivity index (χ1v) is 5.94. The van der Waals surface area contributed by atoms with Crippen molar-refractivity contribution in [3.05, 3.63) is 39.2 Å². The molecule has 2 aromatic rings. The standard InChI is InChI=1S/C11H11ClN4O3/c1-2-8(13)10-14-11(19-15-10)7-4-3-6(12)5-9(7)16(17)18/h3-5,8H,2,13H2,1H3. The van der Waals surface area contributed by atoms with E-state index in [1.54, 1.807) is 0 Å². The van der Waals surface area contributed by atoms with Gasteiger partial charge in [-0.2, -0.15) is 4.98 Å². The Hall–Kier alpha value is -1.99. The smallest absolute Gasteiger partial charge is 0.283 e. The van der Waals surface area contributed by atoms with Crippen LogP contribution in [0.25, 0.3) is 11.5 Å². The van der Waals surface area contributed by atoms with Crippen molar-refractivity contribution >= 4 is 17.3 Å². The molecule has 0 aliphatic heterocycles. The number of nitrogens with two attached hydrogens (primary N) is 1. The summed E-state index contributed by atoms with van der Waals surface area (Å²) in [6, 6.07) is 3.87. The van der Waals surface area contributed by atoms with Crippen LogP contribution in [0.4, 0.5) is 5.69 Å². The van der Waals surface area contributed by atoms with Gasteiger partial charge in [0.25, 0.3) is 11.6 Å². The molecule has 1 atom stereocenters. The van der Waals surface area contributed by atoms with Gasteiger partial charge in [0.15, 0.2) is 5.82 Å². The molecular formula is C11H11ClN4O3. The molecule has 0 radical (unpaired) electrons. The van der Waals surface area contributed by atoms with E-state index in [1.165, 1.54) is 18.2 Å². The summed E-state index contributed by atoms with van der Waals surface area (Å²) in [6.07, 6.45) is 0.641. The van der Waals surface area contributed by atoms with Crippen molar-refractivity contribution in [2.75, 3.05) is 0 Å². The molecule has 0 saturated carbocycles. The lowest BCUT2D eigenvalue weighted by atomic mass is 10.2. The van der Waals surface area contributed by atoms with Crippen molar-refractivity contribution in [1.82, 2.24) is 10.1 Å². The third kappa shape index (κ3) is 2.72. The second-order valence-corrected chi connectivity index (χ2v) is 4.33. The fourth-order valence-corrected chi connectivity index (χ4v) is 1.68. The summed E-state index contributed by atoms with van der Waals surface area (Å²) in [5, 5.41) is 15.0. The number of nitro groups is 1. The normalized spacial score (nSPS) is 12.4. The van der Waals surface area contributed by atoms with E-state index in [0.29, 0.717) is 12.2 Å². The predicted molar refractivity (Wildman–Crippen MR) is 68.6 cm³/mol. The van der Waals surface area contributed by atoms with Gasteiger partial charge in [-0.25, -0.2) is 0 Å². The van der Waals surface area contributed by atoms with Gasteiger partial charge in [0.05, 0.1) is 11.0 Å². The van der Waals surface area contributed by atoms with Crippen LogP contribution in [0.3, 0.4) is 0 Å². The van der Waals surface area contributed by atoms with Crippen LogP contribution in [0.15, 0.2) is 22.7 Å². The minimum absolute atomic E-state index is 0.0577. The van der Waals surface area contributed by atoms with Crippen LogP contribution < -0.4 is 5.73 Å². The lowest BCUT2D eigenvalue weighted by Crippen LogP contribution is -2.10. The molecule has 7 nitrogen and oxygen atoms in total. The number of hydrogen-bond donors (Lipinski definition) is 1. The molecule has 2 rings (SSSR count). The third-order valence-corrected chi connectivity index (χ3v) is 2.84. The molecule has 0 fully saturated rings. The lowest BCUT2D eigenvalue weighted by molar-refractivity contribution is -0.384. The Morgan fingerprint density at radius 2 is 2.32 bits per heavy atom. The highest BCUT2D eigenvalue weighted by Gasteiger charge is 2.22. The van der Waals surface area contributed by atoms with Crippen molar-refractivity contribution in [3.63, 3.8) is 0 Å². The highest BCUT2D eigenvalue weighted by molar-refractivity contribution is 6.30. The summed E-state index contributed by atoms with van der Waals surface area (Å²) in [6.45, 7) is 1.88. The molecule has 1 heterocycles. The first-order valence-electron chi connectivity index (χ1n) is 5.56. The van der Waals surface area contributed by atoms with Gasteiger partial charge < -0.3 is 10.3 Å². The van der Waals surface area contributed by atoms with Crippen molar-refractivity contribution in [2.45, 2.75) is 19.4 Å². The maximum Gasteiger partial charge on any atom is 0.283 e. The van der Waals surface area contributed by atoms with E-state index in [1.807, 2.05) is 6.92 Å². The van der Waals surface area contributed by atoms with Crippen molar-refractivity contribution < 1.29 is 9.45 Å². The molecule has 0 saturated heterocycles. The van der Waals surface area contributed by atoms with Gasteiger partial charge in [0, 0.05) is 11.1 Å². The topological polar surface area (TPSA) is 108 Å². The van der Waals surface area contributed by atoms with Gasteiger partial charge in [0.2, 0.25) is 0 Å². The van der Waals surface area contributed by atoms with Gasteiger partial charge in [-0.15, -0.1) is 0 Å². The molecule has 100 valence electrons. The van der Waals surface area contributed by atoms with Crippen LogP contribution in [-0.2, 0) is 0 Å². The second-order valence-electron chi connectivity index (χ2n) is 3.89. The lowest BCUT2D eigenvalue weighted by Gasteiger charge is -2.00. The van der Waals surface area contributed by atoms with E-state index < -0.39 is 4.92 Å². The zero-order chi connectivity index (χ0) is 14.0. The van der Waals surface area contributed by atoms with E-state index in [4.69, 9.17) is 21.9 Å². The first-order chi connectivity index (χ1) is 9.02. The molecule has 2 N–H and O–H groups in total. The fourth-order valence-electron chi connectivity index (χ4n) is 1.51. The summed E-state index contributed by atoms with van der Waals surface area (Å²) in [5.41, 5.74) is 5.80. The second kappa shape index (κ2) is 5.33. The number of nitro benzene ring substituents is 1. The SMILES string of the molecule is CCC(N)c1noc(-c2ccc(Cl)cc2[N+](=O)[O-])n1. The maximum absolute atomic E-state index is 11.0. The minimum atomic E-state index is -0.551. The number of aromatic nitrogens is 2. The summed E-state index contributed by atoms with van der Waals surface area (Å²) in [5.74, 6) is 0.379. The summed E-state index contributed by atoms with van der Waals surface area (Å²) >= 11 is 5.74. The number of halogens is 1. The fraction of sp³-hybridized carbons (Fsp3) is 0.273. The molecule has 1 unspecified atom stereocenters. The largest absolute Gasteiger partial charge is 0.334 e. The number of hydrogen-bond acceptors (Lipinski definition) is 6. The van der Waals surface area contributed by atoms with Gasteiger partial charge in [-0.1, -0.05) is 23.7 Å². The van der Waals surface area contributed by atoms with Gasteiger partial charge in [0.1, 0.15) is 5.56 Å². The maximum atomic E-state index is 11.0. The van der Waals surface area contributed by atoms with Crippen molar-refractivity contribution in [1.29, 1.82) is 0 Å². The van der Waals surface area contributed by atoms with Crippen LogP contribution >= 0.6 is 11.6 Å². The Morgan fingerprint density at radius 3 is 2.95 bits per heavy atom. The third-order valence-electron chi connectivity index (χ3n) is 2.60. The average Bonchev–Trinajstić information content (AvgIpc) is 2.87. The van der Waals surface area contributed by atoms with Gasteiger partial charge >= 0.3 is 0 Å². The molecular weight excluding hydrogens is 272 g/mol. The van der Waals surface area contributed by atoms with E-state index in [2.05, 4.69) is 10.1 Å². The number of nitrogens with zero attached hydrogens (tertiary/aromatic N) is 3.